The van der Waals surface area contributed by atoms with E-state index in [0.717, 1.165) is 28.0 Å². The van der Waals surface area contributed by atoms with E-state index in [1.165, 1.54) is 0 Å². The van der Waals surface area contributed by atoms with Crippen LogP contribution in [0, 0.1) is 11.8 Å². The highest BCUT2D eigenvalue weighted by Gasteiger charge is 2.54. The number of piperazine rings is 1. The van der Waals surface area contributed by atoms with Crippen molar-refractivity contribution in [2.75, 3.05) is 26.8 Å². The molecule has 3 aromatic carbocycles. The van der Waals surface area contributed by atoms with Crippen LogP contribution in [0.15, 0.2) is 78.9 Å². The Balaban J connectivity index is 1.30. The van der Waals surface area contributed by atoms with Gasteiger partial charge in [-0.15, -0.1) is 0 Å². The van der Waals surface area contributed by atoms with Gasteiger partial charge < -0.3 is 19.6 Å². The topological polar surface area (TPSA) is 70.1 Å². The predicted molar refractivity (Wildman–Crippen MR) is 136 cm³/mol. The number of hydrogen-bond donors (Lipinski definition) is 1. The number of nitrogens with zero attached hydrogens (tertiary/aromatic N) is 2. The molecular formula is C30H28N2O4. The van der Waals surface area contributed by atoms with Crippen LogP contribution >= 0.6 is 0 Å². The van der Waals surface area contributed by atoms with Crippen molar-refractivity contribution < 1.29 is 19.4 Å². The van der Waals surface area contributed by atoms with Gasteiger partial charge in [-0.3, -0.25) is 9.59 Å². The van der Waals surface area contributed by atoms with Gasteiger partial charge in [0.1, 0.15) is 5.75 Å². The minimum absolute atomic E-state index is 0.0355. The first-order chi connectivity index (χ1) is 17.6. The lowest BCUT2D eigenvalue weighted by Gasteiger charge is -2.58. The van der Waals surface area contributed by atoms with Crippen LogP contribution in [-0.4, -0.2) is 65.6 Å². The quantitative estimate of drug-likeness (QED) is 0.571. The van der Waals surface area contributed by atoms with Crippen LogP contribution in [0.3, 0.4) is 0 Å². The van der Waals surface area contributed by atoms with Crippen LogP contribution < -0.4 is 4.74 Å². The fraction of sp³-hybridized carbons (Fsp3) is 0.267. The standard InChI is InChI=1S/C30H28N2O4/c1-36-25-9-5-8-23(16-25)11-10-21-12-14-24(15-13-21)30-26-18-31(19-29(35)32(26)27(30)20-33)28(34)17-22-6-3-2-4-7-22/h2-9,12-16,26-27,30,33H,17-20H2,1H3/t26-,27+,30+/m0/s1. The summed E-state index contributed by atoms with van der Waals surface area (Å²) in [6, 6.07) is 24.7. The minimum Gasteiger partial charge on any atom is -0.497 e. The normalized spacial score (nSPS) is 20.6. The summed E-state index contributed by atoms with van der Waals surface area (Å²) in [6.45, 7) is 0.419. The lowest BCUT2D eigenvalue weighted by molar-refractivity contribution is -0.166. The van der Waals surface area contributed by atoms with Gasteiger partial charge in [0, 0.05) is 23.6 Å². The molecule has 2 heterocycles. The van der Waals surface area contributed by atoms with Gasteiger partial charge in [-0.1, -0.05) is 60.4 Å². The zero-order chi connectivity index (χ0) is 25.1. The molecule has 0 bridgehead atoms. The number of fused-ring (bicyclic) bond motifs is 1. The second-order valence-electron chi connectivity index (χ2n) is 9.18. The molecule has 182 valence electrons. The van der Waals surface area contributed by atoms with Crippen LogP contribution in [0.4, 0.5) is 0 Å². The third kappa shape index (κ3) is 4.71. The summed E-state index contributed by atoms with van der Waals surface area (Å²) in [5, 5.41) is 10.0. The Hall–Kier alpha value is -4.08. The largest absolute Gasteiger partial charge is 0.497 e. The Morgan fingerprint density at radius 1 is 1.00 bits per heavy atom. The Morgan fingerprint density at radius 2 is 1.75 bits per heavy atom. The number of carbonyl (C=O) groups is 2. The highest BCUT2D eigenvalue weighted by atomic mass is 16.5. The van der Waals surface area contributed by atoms with Crippen molar-refractivity contribution in [2.24, 2.45) is 0 Å². The lowest BCUT2D eigenvalue weighted by atomic mass is 9.73. The zero-order valence-electron chi connectivity index (χ0n) is 20.1. The molecule has 3 aromatic rings. The number of carbonyl (C=O) groups excluding carboxylic acids is 2. The van der Waals surface area contributed by atoms with E-state index in [9.17, 15) is 14.7 Å². The van der Waals surface area contributed by atoms with Gasteiger partial charge in [-0.25, -0.2) is 0 Å². The van der Waals surface area contributed by atoms with Gasteiger partial charge in [0.15, 0.2) is 0 Å². The fourth-order valence-corrected chi connectivity index (χ4v) is 5.21. The molecule has 2 fully saturated rings. The summed E-state index contributed by atoms with van der Waals surface area (Å²) in [5.74, 6) is 6.90. The second-order valence-corrected chi connectivity index (χ2v) is 9.18. The predicted octanol–water partition coefficient (Wildman–Crippen LogP) is 2.84. The number of aliphatic hydroxyl groups excluding tert-OH is 1. The number of ether oxygens (including phenoxy) is 1. The summed E-state index contributed by atoms with van der Waals surface area (Å²) in [7, 11) is 1.63. The Labute approximate surface area is 211 Å². The van der Waals surface area contributed by atoms with Crippen molar-refractivity contribution in [3.63, 3.8) is 0 Å². The van der Waals surface area contributed by atoms with Gasteiger partial charge in [0.05, 0.1) is 38.8 Å². The number of amides is 2. The molecule has 1 N–H and O–H groups in total. The molecule has 6 heteroatoms. The molecule has 5 rings (SSSR count). The minimum atomic E-state index is -0.275. The van der Waals surface area contributed by atoms with Crippen molar-refractivity contribution in [3.05, 3.63) is 101 Å². The van der Waals surface area contributed by atoms with E-state index in [-0.39, 0.29) is 49.4 Å². The Bertz CT molecular complexity index is 1310. The van der Waals surface area contributed by atoms with Crippen LogP contribution in [0.2, 0.25) is 0 Å². The SMILES string of the molecule is COc1cccc(C#Cc2ccc([C@H]3[C@@H](CO)N4C(=O)CN(C(=O)Cc5ccccc5)C[C@@H]34)cc2)c1. The third-order valence-electron chi connectivity index (χ3n) is 7.02. The third-order valence-corrected chi connectivity index (χ3v) is 7.02. The van der Waals surface area contributed by atoms with E-state index in [1.54, 1.807) is 16.9 Å². The molecule has 3 atom stereocenters. The average Bonchev–Trinajstić information content (AvgIpc) is 2.90. The molecule has 2 amide bonds. The van der Waals surface area contributed by atoms with Gasteiger partial charge in [0.2, 0.25) is 11.8 Å². The van der Waals surface area contributed by atoms with E-state index in [4.69, 9.17) is 4.74 Å². The van der Waals surface area contributed by atoms with E-state index >= 15 is 0 Å². The fourth-order valence-electron chi connectivity index (χ4n) is 5.21. The Morgan fingerprint density at radius 3 is 2.47 bits per heavy atom. The second kappa shape index (κ2) is 10.3. The molecule has 0 radical (unpaired) electrons. The maximum Gasteiger partial charge on any atom is 0.242 e. The molecule has 2 aliphatic heterocycles. The van der Waals surface area contributed by atoms with E-state index in [1.807, 2.05) is 78.9 Å². The summed E-state index contributed by atoms with van der Waals surface area (Å²) in [6.07, 6.45) is 0.273. The number of methoxy groups -OCH3 is 1. The van der Waals surface area contributed by atoms with Crippen molar-refractivity contribution in [3.8, 4) is 17.6 Å². The molecule has 2 aliphatic rings. The van der Waals surface area contributed by atoms with Crippen molar-refractivity contribution in [1.29, 1.82) is 0 Å². The number of hydrogen-bond acceptors (Lipinski definition) is 4. The smallest absolute Gasteiger partial charge is 0.242 e. The van der Waals surface area contributed by atoms with Gasteiger partial charge >= 0.3 is 0 Å². The first-order valence-corrected chi connectivity index (χ1v) is 12.1. The zero-order valence-corrected chi connectivity index (χ0v) is 20.1. The van der Waals surface area contributed by atoms with E-state index < -0.39 is 0 Å². The number of aliphatic hydroxyl groups is 1. The average molecular weight is 481 g/mol. The number of rotatable bonds is 5. The first-order valence-electron chi connectivity index (χ1n) is 12.1. The van der Waals surface area contributed by atoms with E-state index in [2.05, 4.69) is 11.8 Å². The van der Waals surface area contributed by atoms with Crippen LogP contribution in [0.5, 0.6) is 5.75 Å². The van der Waals surface area contributed by atoms with Gasteiger partial charge in [-0.2, -0.15) is 0 Å². The molecule has 36 heavy (non-hydrogen) atoms. The molecular weight excluding hydrogens is 452 g/mol. The van der Waals surface area contributed by atoms with E-state index in [0.29, 0.717) is 6.54 Å². The monoisotopic (exact) mass is 480 g/mol. The van der Waals surface area contributed by atoms with Crippen LogP contribution in [0.25, 0.3) is 0 Å². The number of benzene rings is 3. The summed E-state index contributed by atoms with van der Waals surface area (Å²) >= 11 is 0. The molecule has 6 nitrogen and oxygen atoms in total. The molecule has 0 aromatic heterocycles. The molecule has 0 saturated carbocycles. The molecule has 0 unspecified atom stereocenters. The van der Waals surface area contributed by atoms with Gasteiger partial charge in [-0.05, 0) is 41.5 Å². The summed E-state index contributed by atoms with van der Waals surface area (Å²) < 4.78 is 5.25. The highest BCUT2D eigenvalue weighted by Crippen LogP contribution is 2.43. The van der Waals surface area contributed by atoms with Gasteiger partial charge in [0.25, 0.3) is 0 Å². The summed E-state index contributed by atoms with van der Waals surface area (Å²) in [5.41, 5.74) is 3.71. The molecule has 0 spiro atoms. The first kappa shape index (κ1) is 23.7. The summed E-state index contributed by atoms with van der Waals surface area (Å²) in [4.78, 5) is 29.2. The van der Waals surface area contributed by atoms with Crippen molar-refractivity contribution >= 4 is 11.8 Å². The van der Waals surface area contributed by atoms with Crippen LogP contribution in [0.1, 0.15) is 28.2 Å². The van der Waals surface area contributed by atoms with Crippen molar-refractivity contribution in [2.45, 2.75) is 24.4 Å². The lowest BCUT2D eigenvalue weighted by Crippen LogP contribution is -2.73. The maximum atomic E-state index is 12.9. The molecule has 2 saturated heterocycles. The van der Waals surface area contributed by atoms with Crippen molar-refractivity contribution in [1.82, 2.24) is 9.80 Å². The Kier molecular flexibility index (Phi) is 6.75. The molecule has 0 aliphatic carbocycles. The highest BCUT2D eigenvalue weighted by molar-refractivity contribution is 5.88. The maximum absolute atomic E-state index is 12.9. The van der Waals surface area contributed by atoms with Crippen LogP contribution in [-0.2, 0) is 16.0 Å².